The number of carbonyl (C=O) groups excluding carboxylic acids is 1. The third kappa shape index (κ3) is 3.12. The van der Waals surface area contributed by atoms with Crippen LogP contribution in [0.15, 0.2) is 60.9 Å². The van der Waals surface area contributed by atoms with E-state index >= 15 is 0 Å². The van der Waals surface area contributed by atoms with Crippen LogP contribution >= 0.6 is 0 Å². The average Bonchev–Trinajstić information content (AvgIpc) is 3.27. The molecule has 5 aromatic rings. The predicted molar refractivity (Wildman–Crippen MR) is 113 cm³/mol. The Bertz CT molecular complexity index is 1380. The highest BCUT2D eigenvalue weighted by atomic mass is 19.1. The molecular weight excluding hydrogens is 367 g/mol. The second-order valence-corrected chi connectivity index (χ2v) is 7.15. The van der Waals surface area contributed by atoms with Gasteiger partial charge in [0.05, 0.1) is 12.1 Å². The fourth-order valence-electron chi connectivity index (χ4n) is 3.83. The number of nitrogens with zero attached hydrogens (tertiary/aromatic N) is 2. The summed E-state index contributed by atoms with van der Waals surface area (Å²) < 4.78 is 14.9. The van der Waals surface area contributed by atoms with Gasteiger partial charge < -0.3 is 14.7 Å². The summed E-state index contributed by atoms with van der Waals surface area (Å²) in [5.74, 6) is -0.512. The van der Waals surface area contributed by atoms with Crippen LogP contribution in [0.4, 0.5) is 10.1 Å². The Balaban J connectivity index is 1.40. The number of benzene rings is 2. The van der Waals surface area contributed by atoms with Gasteiger partial charge in [0, 0.05) is 39.9 Å². The maximum absolute atomic E-state index is 13.3. The van der Waals surface area contributed by atoms with Crippen molar-refractivity contribution in [2.45, 2.75) is 19.8 Å². The van der Waals surface area contributed by atoms with Crippen LogP contribution in [0.2, 0.25) is 0 Å². The van der Waals surface area contributed by atoms with E-state index < -0.39 is 0 Å². The molecule has 0 saturated carbocycles. The van der Waals surface area contributed by atoms with Gasteiger partial charge >= 0.3 is 0 Å². The normalized spacial score (nSPS) is 11.5. The number of rotatable bonds is 4. The van der Waals surface area contributed by atoms with Crippen LogP contribution in [0.5, 0.6) is 0 Å². The summed E-state index contributed by atoms with van der Waals surface area (Å²) in [6.45, 7) is 2.14. The standard InChI is InChI=1S/C23H19FN4O/c1-2-14-4-3-5-19-18-8-7-16(10-20(18)27-23(14)19)26-22(29)11-17-13-28-12-15(24)6-9-21(28)25-17/h3-10,12-13,27H,2,11H2,1H3,(H,26,29). The monoisotopic (exact) mass is 386 g/mol. The van der Waals surface area contributed by atoms with Crippen LogP contribution in [0.25, 0.3) is 27.5 Å². The molecule has 5 nitrogen and oxygen atoms in total. The Morgan fingerprint density at radius 1 is 1.14 bits per heavy atom. The molecule has 2 N–H and O–H groups in total. The summed E-state index contributed by atoms with van der Waals surface area (Å²) in [5.41, 5.74) is 5.33. The van der Waals surface area contributed by atoms with E-state index in [0.717, 1.165) is 28.5 Å². The predicted octanol–water partition coefficient (Wildman–Crippen LogP) is 4.85. The topological polar surface area (TPSA) is 62.2 Å². The van der Waals surface area contributed by atoms with Gasteiger partial charge in [-0.15, -0.1) is 0 Å². The third-order valence-electron chi connectivity index (χ3n) is 5.19. The molecule has 0 fully saturated rings. The van der Waals surface area contributed by atoms with E-state index in [0.29, 0.717) is 11.3 Å². The highest BCUT2D eigenvalue weighted by Crippen LogP contribution is 2.29. The third-order valence-corrected chi connectivity index (χ3v) is 5.19. The number of nitrogens with one attached hydrogen (secondary N) is 2. The van der Waals surface area contributed by atoms with Crippen LogP contribution in [0, 0.1) is 5.82 Å². The molecule has 0 aliphatic rings. The number of hydrogen-bond acceptors (Lipinski definition) is 2. The number of hydrogen-bond donors (Lipinski definition) is 2. The molecule has 0 unspecified atom stereocenters. The molecule has 0 atom stereocenters. The number of anilines is 1. The molecule has 0 bridgehead atoms. The van der Waals surface area contributed by atoms with E-state index in [1.165, 1.54) is 23.2 Å². The molecule has 6 heteroatoms. The number of para-hydroxylation sites is 1. The molecule has 29 heavy (non-hydrogen) atoms. The summed E-state index contributed by atoms with van der Waals surface area (Å²) >= 11 is 0. The van der Waals surface area contributed by atoms with Gasteiger partial charge in [-0.2, -0.15) is 0 Å². The van der Waals surface area contributed by atoms with Crippen LogP contribution < -0.4 is 5.32 Å². The number of aryl methyl sites for hydroxylation is 1. The van der Waals surface area contributed by atoms with Crippen molar-refractivity contribution < 1.29 is 9.18 Å². The Morgan fingerprint density at radius 2 is 2.03 bits per heavy atom. The molecule has 3 heterocycles. The summed E-state index contributed by atoms with van der Waals surface area (Å²) in [4.78, 5) is 20.3. The lowest BCUT2D eigenvalue weighted by atomic mass is 10.1. The van der Waals surface area contributed by atoms with Crippen molar-refractivity contribution in [1.82, 2.24) is 14.4 Å². The van der Waals surface area contributed by atoms with Crippen LogP contribution in [-0.2, 0) is 17.6 Å². The molecule has 0 radical (unpaired) electrons. The average molecular weight is 386 g/mol. The SMILES string of the molecule is CCc1cccc2c1[nH]c1cc(NC(=O)Cc3cn4cc(F)ccc4n3)ccc12. The largest absolute Gasteiger partial charge is 0.354 e. The van der Waals surface area contributed by atoms with Gasteiger partial charge in [-0.3, -0.25) is 4.79 Å². The van der Waals surface area contributed by atoms with E-state index in [2.05, 4.69) is 40.4 Å². The molecule has 3 aromatic heterocycles. The molecule has 0 spiro atoms. The Hall–Kier alpha value is -3.67. The fourth-order valence-corrected chi connectivity index (χ4v) is 3.83. The molecule has 0 aliphatic carbocycles. The van der Waals surface area contributed by atoms with Crippen molar-refractivity contribution in [1.29, 1.82) is 0 Å². The zero-order valence-electron chi connectivity index (χ0n) is 15.9. The van der Waals surface area contributed by atoms with E-state index in [4.69, 9.17) is 0 Å². The zero-order chi connectivity index (χ0) is 20.0. The number of amides is 1. The van der Waals surface area contributed by atoms with Gasteiger partial charge in [0.1, 0.15) is 11.5 Å². The highest BCUT2D eigenvalue weighted by molar-refractivity contribution is 6.09. The van der Waals surface area contributed by atoms with Crippen molar-refractivity contribution in [3.8, 4) is 0 Å². The highest BCUT2D eigenvalue weighted by Gasteiger charge is 2.11. The number of carbonyl (C=O) groups is 1. The molecule has 5 rings (SSSR count). The van der Waals surface area contributed by atoms with E-state index in [-0.39, 0.29) is 18.1 Å². The first-order chi connectivity index (χ1) is 14.1. The summed E-state index contributed by atoms with van der Waals surface area (Å²) in [6, 6.07) is 15.1. The Labute approximate surface area is 166 Å². The van der Waals surface area contributed by atoms with Gasteiger partial charge in [0.25, 0.3) is 0 Å². The number of H-pyrrole nitrogens is 1. The number of imidazole rings is 1. The minimum atomic E-state index is -0.344. The van der Waals surface area contributed by atoms with Gasteiger partial charge in [-0.1, -0.05) is 31.2 Å². The van der Waals surface area contributed by atoms with Crippen LogP contribution in [0.1, 0.15) is 18.2 Å². The smallest absolute Gasteiger partial charge is 0.230 e. The van der Waals surface area contributed by atoms with Crippen LogP contribution in [0.3, 0.4) is 0 Å². The molecule has 1 amide bonds. The first kappa shape index (κ1) is 17.4. The van der Waals surface area contributed by atoms with E-state index in [1.807, 2.05) is 18.2 Å². The molecular formula is C23H19FN4O. The first-order valence-electron chi connectivity index (χ1n) is 9.57. The lowest BCUT2D eigenvalue weighted by molar-refractivity contribution is -0.115. The maximum atomic E-state index is 13.3. The summed E-state index contributed by atoms with van der Waals surface area (Å²) in [5, 5.41) is 5.25. The zero-order valence-corrected chi connectivity index (χ0v) is 15.9. The lowest BCUT2D eigenvalue weighted by Crippen LogP contribution is -2.14. The first-order valence-corrected chi connectivity index (χ1v) is 9.57. The number of fused-ring (bicyclic) bond motifs is 4. The van der Waals surface area contributed by atoms with Crippen molar-refractivity contribution in [3.05, 3.63) is 78.0 Å². The minimum absolute atomic E-state index is 0.119. The molecule has 2 aromatic carbocycles. The number of aromatic amines is 1. The van der Waals surface area contributed by atoms with Gasteiger partial charge in [-0.25, -0.2) is 9.37 Å². The molecule has 0 saturated heterocycles. The van der Waals surface area contributed by atoms with Gasteiger partial charge in [-0.05, 0) is 36.2 Å². The summed E-state index contributed by atoms with van der Waals surface area (Å²) in [6.07, 6.45) is 4.09. The van der Waals surface area contributed by atoms with Gasteiger partial charge in [0.2, 0.25) is 5.91 Å². The van der Waals surface area contributed by atoms with Crippen molar-refractivity contribution >= 4 is 39.0 Å². The van der Waals surface area contributed by atoms with Crippen molar-refractivity contribution in [2.24, 2.45) is 0 Å². The van der Waals surface area contributed by atoms with Crippen LogP contribution in [-0.4, -0.2) is 20.3 Å². The van der Waals surface area contributed by atoms with E-state index in [1.54, 1.807) is 16.7 Å². The minimum Gasteiger partial charge on any atom is -0.354 e. The van der Waals surface area contributed by atoms with Crippen molar-refractivity contribution in [2.75, 3.05) is 5.32 Å². The number of pyridine rings is 1. The Kier molecular flexibility index (Phi) is 4.05. The van der Waals surface area contributed by atoms with Gasteiger partial charge in [0.15, 0.2) is 0 Å². The van der Waals surface area contributed by atoms with E-state index in [9.17, 15) is 9.18 Å². The number of aromatic nitrogens is 3. The summed E-state index contributed by atoms with van der Waals surface area (Å²) in [7, 11) is 0. The molecule has 0 aliphatic heterocycles. The lowest BCUT2D eigenvalue weighted by Gasteiger charge is -2.04. The van der Waals surface area contributed by atoms with Crippen molar-refractivity contribution in [3.63, 3.8) is 0 Å². The quantitative estimate of drug-likeness (QED) is 0.464. The maximum Gasteiger partial charge on any atom is 0.230 e. The molecule has 144 valence electrons. The Morgan fingerprint density at radius 3 is 2.90 bits per heavy atom. The fraction of sp³-hybridized carbons (Fsp3) is 0.130. The number of halogens is 1. The second kappa shape index (κ2) is 6.74. The second-order valence-electron chi connectivity index (χ2n) is 7.15.